The van der Waals surface area contributed by atoms with Crippen molar-refractivity contribution in [1.29, 1.82) is 0 Å². The first kappa shape index (κ1) is 16.0. The molecule has 0 saturated carbocycles. The molecule has 19 heavy (non-hydrogen) atoms. The Morgan fingerprint density at radius 2 is 1.84 bits per heavy atom. The summed E-state index contributed by atoms with van der Waals surface area (Å²) in [5, 5.41) is 3.41. The van der Waals surface area contributed by atoms with Gasteiger partial charge in [0.1, 0.15) is 12.4 Å². The summed E-state index contributed by atoms with van der Waals surface area (Å²) in [4.78, 5) is 2.21. The van der Waals surface area contributed by atoms with Gasteiger partial charge in [-0.2, -0.15) is 0 Å². The zero-order valence-electron chi connectivity index (χ0n) is 13.0. The largest absolute Gasteiger partial charge is 0.492 e. The molecule has 0 saturated heterocycles. The van der Waals surface area contributed by atoms with Crippen molar-refractivity contribution < 1.29 is 4.74 Å². The molecule has 3 heteroatoms. The van der Waals surface area contributed by atoms with Gasteiger partial charge in [-0.25, -0.2) is 0 Å². The quantitative estimate of drug-likeness (QED) is 0.730. The molecule has 0 radical (unpaired) electrons. The van der Waals surface area contributed by atoms with Crippen LogP contribution in [-0.4, -0.2) is 45.2 Å². The zero-order chi connectivity index (χ0) is 14.3. The van der Waals surface area contributed by atoms with E-state index in [1.807, 2.05) is 0 Å². The molecule has 0 aliphatic carbocycles. The minimum absolute atomic E-state index is 0.728. The van der Waals surface area contributed by atoms with Crippen LogP contribution >= 0.6 is 0 Å². The lowest BCUT2D eigenvalue weighted by Crippen LogP contribution is -2.25. The number of rotatable bonds is 8. The van der Waals surface area contributed by atoms with Crippen LogP contribution in [0.4, 0.5) is 0 Å². The summed E-state index contributed by atoms with van der Waals surface area (Å²) in [5.74, 6) is 1.02. The number of hydrogen-bond donors (Lipinski definition) is 1. The zero-order valence-corrected chi connectivity index (χ0v) is 13.0. The summed E-state index contributed by atoms with van der Waals surface area (Å²) < 4.78 is 5.85. The molecule has 0 bridgehead atoms. The van der Waals surface area contributed by atoms with E-state index >= 15 is 0 Å². The van der Waals surface area contributed by atoms with E-state index in [0.717, 1.165) is 32.0 Å². The van der Waals surface area contributed by atoms with Crippen molar-refractivity contribution in [1.82, 2.24) is 10.2 Å². The molecule has 0 atom stereocenters. The molecule has 0 spiro atoms. The van der Waals surface area contributed by atoms with E-state index in [-0.39, 0.29) is 0 Å². The lowest BCUT2D eigenvalue weighted by molar-refractivity contribution is 0.309. The van der Waals surface area contributed by atoms with Gasteiger partial charge in [-0.1, -0.05) is 6.07 Å². The van der Waals surface area contributed by atoms with Crippen LogP contribution in [0.5, 0.6) is 5.75 Å². The monoisotopic (exact) mass is 264 g/mol. The molecule has 0 amide bonds. The second-order valence-electron chi connectivity index (χ2n) is 5.46. The summed E-state index contributed by atoms with van der Waals surface area (Å²) in [6.45, 7) is 10.2. The summed E-state index contributed by atoms with van der Waals surface area (Å²) in [6.07, 6.45) is 1.18. The van der Waals surface area contributed by atoms with Gasteiger partial charge in [0, 0.05) is 6.54 Å². The molecule has 108 valence electrons. The fourth-order valence-electron chi connectivity index (χ4n) is 2.03. The highest BCUT2D eigenvalue weighted by molar-refractivity contribution is 5.41. The number of nitrogens with zero attached hydrogens (tertiary/aromatic N) is 1. The van der Waals surface area contributed by atoms with Crippen LogP contribution in [0.15, 0.2) is 12.1 Å². The molecule has 1 aromatic rings. The second-order valence-corrected chi connectivity index (χ2v) is 5.46. The molecular formula is C16H28N2O. The molecule has 1 N–H and O–H groups in total. The summed E-state index contributed by atoms with van der Waals surface area (Å²) in [7, 11) is 4.21. The summed E-state index contributed by atoms with van der Waals surface area (Å²) in [5.41, 5.74) is 3.81. The van der Waals surface area contributed by atoms with Gasteiger partial charge in [0.2, 0.25) is 0 Å². The van der Waals surface area contributed by atoms with Crippen molar-refractivity contribution in [3.05, 3.63) is 28.8 Å². The van der Waals surface area contributed by atoms with Gasteiger partial charge in [0.25, 0.3) is 0 Å². The van der Waals surface area contributed by atoms with Crippen LogP contribution in [0.2, 0.25) is 0 Å². The lowest BCUT2D eigenvalue weighted by Gasteiger charge is -2.13. The number of ether oxygens (including phenoxy) is 1. The smallest absolute Gasteiger partial charge is 0.122 e. The van der Waals surface area contributed by atoms with Crippen molar-refractivity contribution in [2.75, 3.05) is 40.3 Å². The topological polar surface area (TPSA) is 24.5 Å². The minimum Gasteiger partial charge on any atom is -0.492 e. The highest BCUT2D eigenvalue weighted by Gasteiger charge is 2.03. The van der Waals surface area contributed by atoms with Gasteiger partial charge in [-0.3, -0.25) is 0 Å². The third kappa shape index (κ3) is 6.08. The predicted octanol–water partition coefficient (Wildman–Crippen LogP) is 2.53. The Labute approximate surface area is 118 Å². The highest BCUT2D eigenvalue weighted by atomic mass is 16.5. The first-order chi connectivity index (χ1) is 9.00. The Morgan fingerprint density at radius 3 is 2.53 bits per heavy atom. The number of nitrogens with one attached hydrogen (secondary N) is 1. The predicted molar refractivity (Wildman–Crippen MR) is 82.2 cm³/mol. The first-order valence-electron chi connectivity index (χ1n) is 7.07. The molecule has 0 aliphatic heterocycles. The minimum atomic E-state index is 0.728. The van der Waals surface area contributed by atoms with Gasteiger partial charge >= 0.3 is 0 Å². The summed E-state index contributed by atoms with van der Waals surface area (Å²) >= 11 is 0. The molecule has 0 heterocycles. The normalized spacial score (nSPS) is 11.1. The summed E-state index contributed by atoms with van der Waals surface area (Å²) in [6, 6.07) is 4.32. The van der Waals surface area contributed by atoms with E-state index in [0.29, 0.717) is 0 Å². The molecule has 3 nitrogen and oxygen atoms in total. The van der Waals surface area contributed by atoms with Crippen molar-refractivity contribution in [3.8, 4) is 5.75 Å². The average molecular weight is 264 g/mol. The van der Waals surface area contributed by atoms with Crippen molar-refractivity contribution in [3.63, 3.8) is 0 Å². The van der Waals surface area contributed by atoms with E-state index in [9.17, 15) is 0 Å². The SMILES string of the molecule is Cc1cc(C)c(C)c(OCCNCCCN(C)C)c1. The molecule has 1 rings (SSSR count). The maximum atomic E-state index is 5.85. The van der Waals surface area contributed by atoms with Crippen LogP contribution in [0.1, 0.15) is 23.1 Å². The van der Waals surface area contributed by atoms with E-state index in [4.69, 9.17) is 4.74 Å². The Bertz CT molecular complexity index is 389. The maximum Gasteiger partial charge on any atom is 0.122 e. The molecule has 0 aliphatic rings. The van der Waals surface area contributed by atoms with Crippen LogP contribution in [0.25, 0.3) is 0 Å². The highest BCUT2D eigenvalue weighted by Crippen LogP contribution is 2.22. The van der Waals surface area contributed by atoms with Crippen LogP contribution in [0.3, 0.4) is 0 Å². The van der Waals surface area contributed by atoms with Crippen molar-refractivity contribution in [2.45, 2.75) is 27.2 Å². The standard InChI is InChI=1S/C16H28N2O/c1-13-11-14(2)15(3)16(12-13)19-10-8-17-7-6-9-18(4)5/h11-12,17H,6-10H2,1-5H3. The Hall–Kier alpha value is -1.06. The van der Waals surface area contributed by atoms with Gasteiger partial charge < -0.3 is 15.0 Å². The number of benzene rings is 1. The molecule has 0 unspecified atom stereocenters. The second kappa shape index (κ2) is 8.18. The van der Waals surface area contributed by atoms with Gasteiger partial charge in [0.05, 0.1) is 0 Å². The molecular weight excluding hydrogens is 236 g/mol. The van der Waals surface area contributed by atoms with Crippen LogP contribution in [-0.2, 0) is 0 Å². The molecule has 0 aromatic heterocycles. The molecule has 0 fully saturated rings. The average Bonchev–Trinajstić information content (AvgIpc) is 2.33. The fraction of sp³-hybridized carbons (Fsp3) is 0.625. The lowest BCUT2D eigenvalue weighted by atomic mass is 10.1. The first-order valence-corrected chi connectivity index (χ1v) is 7.07. The van der Waals surface area contributed by atoms with E-state index in [1.165, 1.54) is 23.1 Å². The van der Waals surface area contributed by atoms with Crippen LogP contribution in [0, 0.1) is 20.8 Å². The van der Waals surface area contributed by atoms with E-state index < -0.39 is 0 Å². The van der Waals surface area contributed by atoms with Crippen LogP contribution < -0.4 is 10.1 Å². The third-order valence-corrected chi connectivity index (χ3v) is 3.26. The Morgan fingerprint density at radius 1 is 1.11 bits per heavy atom. The Kier molecular flexibility index (Phi) is 6.89. The van der Waals surface area contributed by atoms with Gasteiger partial charge in [-0.15, -0.1) is 0 Å². The van der Waals surface area contributed by atoms with Crippen molar-refractivity contribution in [2.24, 2.45) is 0 Å². The van der Waals surface area contributed by atoms with E-state index in [1.54, 1.807) is 0 Å². The fourth-order valence-corrected chi connectivity index (χ4v) is 2.03. The van der Waals surface area contributed by atoms with Crippen molar-refractivity contribution >= 4 is 0 Å². The van der Waals surface area contributed by atoms with Gasteiger partial charge in [-0.05, 0) is 77.1 Å². The molecule has 1 aromatic carbocycles. The Balaban J connectivity index is 2.23. The number of hydrogen-bond acceptors (Lipinski definition) is 3. The maximum absolute atomic E-state index is 5.85. The van der Waals surface area contributed by atoms with E-state index in [2.05, 4.69) is 57.2 Å². The van der Waals surface area contributed by atoms with Gasteiger partial charge in [0.15, 0.2) is 0 Å². The third-order valence-electron chi connectivity index (χ3n) is 3.26. The number of aryl methyl sites for hydroxylation is 2.